The molecule has 2 aliphatic heterocycles. The number of carbonyl (C=O) groups excluding carboxylic acids is 2. The fourth-order valence-electron chi connectivity index (χ4n) is 4.32. The highest BCUT2D eigenvalue weighted by molar-refractivity contribution is 7.89. The Morgan fingerprint density at radius 2 is 1.79 bits per heavy atom. The minimum absolute atomic E-state index is 0.00267. The number of piperidine rings is 1. The van der Waals surface area contributed by atoms with Gasteiger partial charge in [-0.25, -0.2) is 8.42 Å². The third-order valence-electron chi connectivity index (χ3n) is 6.36. The fraction of sp³-hybridized carbons (Fsp3) is 0.609. The van der Waals surface area contributed by atoms with Gasteiger partial charge >= 0.3 is 0 Å². The zero-order valence-electron chi connectivity index (χ0n) is 19.6. The number of likely N-dealkylation sites (tertiary alicyclic amines) is 1. The van der Waals surface area contributed by atoms with Gasteiger partial charge in [0.05, 0.1) is 17.0 Å². The van der Waals surface area contributed by atoms with Crippen LogP contribution in [0.2, 0.25) is 0 Å². The lowest BCUT2D eigenvalue weighted by Gasteiger charge is -2.36. The van der Waals surface area contributed by atoms with Crippen LogP contribution < -0.4 is 5.32 Å². The molecule has 0 aliphatic carbocycles. The molecule has 186 valence electrons. The van der Waals surface area contributed by atoms with Crippen LogP contribution >= 0.6 is 0 Å². The SMILES string of the molecule is COCCCNC(=O)C1CCN(CC(=O)N2CCN(S(=O)(=O)c3ccccc3C#N)CC2)CC1. The summed E-state index contributed by atoms with van der Waals surface area (Å²) in [4.78, 5) is 28.8. The van der Waals surface area contributed by atoms with E-state index in [4.69, 9.17) is 4.74 Å². The Labute approximate surface area is 201 Å². The second-order valence-electron chi connectivity index (χ2n) is 8.58. The summed E-state index contributed by atoms with van der Waals surface area (Å²) in [5.41, 5.74) is 0.119. The molecule has 2 aliphatic rings. The topological polar surface area (TPSA) is 123 Å². The van der Waals surface area contributed by atoms with Crippen molar-refractivity contribution in [2.45, 2.75) is 24.2 Å². The number of amides is 2. The van der Waals surface area contributed by atoms with E-state index in [1.165, 1.54) is 16.4 Å². The van der Waals surface area contributed by atoms with Gasteiger partial charge < -0.3 is 15.0 Å². The van der Waals surface area contributed by atoms with Crippen molar-refractivity contribution in [2.75, 3.05) is 66.1 Å². The molecular formula is C23H33N5O5S. The average Bonchev–Trinajstić information content (AvgIpc) is 2.87. The van der Waals surface area contributed by atoms with Crippen LogP contribution in [-0.4, -0.2) is 100 Å². The van der Waals surface area contributed by atoms with E-state index in [0.29, 0.717) is 52.2 Å². The van der Waals surface area contributed by atoms with Gasteiger partial charge in [-0.3, -0.25) is 14.5 Å². The third kappa shape index (κ3) is 6.54. The van der Waals surface area contributed by atoms with E-state index < -0.39 is 10.0 Å². The van der Waals surface area contributed by atoms with Crippen molar-refractivity contribution < 1.29 is 22.7 Å². The second kappa shape index (κ2) is 12.3. The Morgan fingerprint density at radius 3 is 2.44 bits per heavy atom. The number of carbonyl (C=O) groups is 2. The van der Waals surface area contributed by atoms with Gasteiger partial charge in [-0.1, -0.05) is 12.1 Å². The predicted molar refractivity (Wildman–Crippen MR) is 125 cm³/mol. The highest BCUT2D eigenvalue weighted by atomic mass is 32.2. The number of nitrogens with zero attached hydrogens (tertiary/aromatic N) is 4. The number of hydrogen-bond acceptors (Lipinski definition) is 7. The van der Waals surface area contributed by atoms with Crippen LogP contribution in [0.15, 0.2) is 29.2 Å². The fourth-order valence-corrected chi connectivity index (χ4v) is 5.88. The molecule has 0 unspecified atom stereocenters. The number of methoxy groups -OCH3 is 1. The smallest absolute Gasteiger partial charge is 0.244 e. The highest BCUT2D eigenvalue weighted by Gasteiger charge is 2.32. The van der Waals surface area contributed by atoms with Crippen molar-refractivity contribution in [3.8, 4) is 6.07 Å². The van der Waals surface area contributed by atoms with Gasteiger partial charge in [0.1, 0.15) is 6.07 Å². The van der Waals surface area contributed by atoms with Crippen molar-refractivity contribution >= 4 is 21.8 Å². The standard InChI is InChI=1S/C23H33N5O5S/c1-33-16-4-9-25-23(30)19-7-10-26(11-8-19)18-22(29)27-12-14-28(15-13-27)34(31,32)21-6-3-2-5-20(21)17-24/h2-3,5-6,19H,4,7-16,18H2,1H3,(H,25,30). The van der Waals surface area contributed by atoms with Crippen LogP contribution in [0.5, 0.6) is 0 Å². The molecule has 0 bridgehead atoms. The highest BCUT2D eigenvalue weighted by Crippen LogP contribution is 2.22. The molecule has 0 spiro atoms. The van der Waals surface area contributed by atoms with Gasteiger partial charge in [0, 0.05) is 52.4 Å². The first-order chi connectivity index (χ1) is 16.4. The number of sulfonamides is 1. The molecule has 2 amide bonds. The Bertz CT molecular complexity index is 993. The Morgan fingerprint density at radius 1 is 1.12 bits per heavy atom. The summed E-state index contributed by atoms with van der Waals surface area (Å²) in [6, 6.07) is 8.09. The molecule has 10 nitrogen and oxygen atoms in total. The van der Waals surface area contributed by atoms with Crippen molar-refractivity contribution in [1.82, 2.24) is 19.4 Å². The summed E-state index contributed by atoms with van der Waals surface area (Å²) >= 11 is 0. The summed E-state index contributed by atoms with van der Waals surface area (Å²) in [5.74, 6) is 0.00765. The van der Waals surface area contributed by atoms with Crippen LogP contribution in [0.4, 0.5) is 0 Å². The number of hydrogen-bond donors (Lipinski definition) is 1. The molecule has 3 rings (SSSR count). The van der Waals surface area contributed by atoms with Gasteiger partial charge in [-0.05, 0) is 44.5 Å². The number of piperazine rings is 1. The minimum Gasteiger partial charge on any atom is -0.385 e. The minimum atomic E-state index is -3.79. The Balaban J connectivity index is 1.43. The number of ether oxygens (including phenoxy) is 1. The monoisotopic (exact) mass is 491 g/mol. The molecule has 1 aromatic rings. The number of rotatable bonds is 9. The zero-order valence-corrected chi connectivity index (χ0v) is 20.4. The van der Waals surface area contributed by atoms with Crippen molar-refractivity contribution in [3.05, 3.63) is 29.8 Å². The molecule has 2 fully saturated rings. The van der Waals surface area contributed by atoms with Gasteiger partial charge in [0.15, 0.2) is 0 Å². The molecule has 0 radical (unpaired) electrons. The molecule has 0 saturated carbocycles. The van der Waals surface area contributed by atoms with Crippen LogP contribution in [0.25, 0.3) is 0 Å². The number of nitriles is 1. The Hall–Kier alpha value is -2.52. The lowest BCUT2D eigenvalue weighted by atomic mass is 9.96. The first kappa shape index (κ1) is 26.1. The lowest BCUT2D eigenvalue weighted by Crippen LogP contribution is -2.53. The maximum Gasteiger partial charge on any atom is 0.244 e. The van der Waals surface area contributed by atoms with Gasteiger partial charge in [0.25, 0.3) is 0 Å². The van der Waals surface area contributed by atoms with Crippen LogP contribution in [-0.2, 0) is 24.3 Å². The van der Waals surface area contributed by atoms with Crippen molar-refractivity contribution in [3.63, 3.8) is 0 Å². The van der Waals surface area contributed by atoms with E-state index in [2.05, 4.69) is 10.2 Å². The van der Waals surface area contributed by atoms with Gasteiger partial charge in [-0.2, -0.15) is 9.57 Å². The largest absolute Gasteiger partial charge is 0.385 e. The average molecular weight is 492 g/mol. The normalized spacial score (nSPS) is 18.4. The first-order valence-corrected chi connectivity index (χ1v) is 13.1. The van der Waals surface area contributed by atoms with E-state index in [9.17, 15) is 23.3 Å². The molecular weight excluding hydrogens is 458 g/mol. The molecule has 1 aromatic carbocycles. The number of nitrogens with one attached hydrogen (secondary N) is 1. The summed E-state index contributed by atoms with van der Waals surface area (Å²) < 4.78 is 32.3. The third-order valence-corrected chi connectivity index (χ3v) is 8.32. The lowest BCUT2D eigenvalue weighted by molar-refractivity contribution is -0.134. The molecule has 2 heterocycles. The van der Waals surface area contributed by atoms with Crippen LogP contribution in [0, 0.1) is 17.2 Å². The molecule has 0 aromatic heterocycles. The maximum absolute atomic E-state index is 13.0. The quantitative estimate of drug-likeness (QED) is 0.492. The van der Waals surface area contributed by atoms with E-state index in [1.807, 2.05) is 6.07 Å². The van der Waals surface area contributed by atoms with Gasteiger partial charge in [0.2, 0.25) is 21.8 Å². The summed E-state index contributed by atoms with van der Waals surface area (Å²) in [6.45, 7) is 3.87. The second-order valence-corrected chi connectivity index (χ2v) is 10.5. The van der Waals surface area contributed by atoms with E-state index in [-0.39, 0.29) is 47.8 Å². The van der Waals surface area contributed by atoms with E-state index in [0.717, 1.165) is 6.42 Å². The summed E-state index contributed by atoms with van der Waals surface area (Å²) in [7, 11) is -2.15. The molecule has 11 heteroatoms. The zero-order chi connectivity index (χ0) is 24.6. The molecule has 1 N–H and O–H groups in total. The molecule has 0 atom stereocenters. The summed E-state index contributed by atoms with van der Waals surface area (Å²) in [6.07, 6.45) is 2.22. The van der Waals surface area contributed by atoms with Crippen molar-refractivity contribution in [1.29, 1.82) is 5.26 Å². The Kier molecular flexibility index (Phi) is 9.41. The first-order valence-electron chi connectivity index (χ1n) is 11.6. The summed E-state index contributed by atoms with van der Waals surface area (Å²) in [5, 5.41) is 12.2. The van der Waals surface area contributed by atoms with E-state index >= 15 is 0 Å². The van der Waals surface area contributed by atoms with Crippen molar-refractivity contribution in [2.24, 2.45) is 5.92 Å². The van der Waals surface area contributed by atoms with E-state index in [1.54, 1.807) is 24.1 Å². The van der Waals surface area contributed by atoms with Crippen LogP contribution in [0.3, 0.4) is 0 Å². The molecule has 2 saturated heterocycles. The van der Waals surface area contributed by atoms with Crippen LogP contribution in [0.1, 0.15) is 24.8 Å². The maximum atomic E-state index is 13.0. The molecule has 34 heavy (non-hydrogen) atoms. The van der Waals surface area contributed by atoms with Gasteiger partial charge in [-0.15, -0.1) is 0 Å². The predicted octanol–water partition coefficient (Wildman–Crippen LogP) is 0.256. The number of benzene rings is 1.